The summed E-state index contributed by atoms with van der Waals surface area (Å²) in [4.78, 5) is 28.7. The van der Waals surface area contributed by atoms with Gasteiger partial charge in [-0.05, 0) is 53.4 Å². The van der Waals surface area contributed by atoms with Crippen LogP contribution in [0, 0.1) is 18.8 Å². The zero-order valence-electron chi connectivity index (χ0n) is 16.8. The van der Waals surface area contributed by atoms with Crippen molar-refractivity contribution in [2.45, 2.75) is 18.8 Å². The minimum atomic E-state index is -0.353. The average Bonchev–Trinajstić information content (AvgIpc) is 3.04. The van der Waals surface area contributed by atoms with Crippen molar-refractivity contribution in [3.8, 4) is 5.75 Å². The summed E-state index contributed by atoms with van der Waals surface area (Å²) in [6.07, 6.45) is 0. The van der Waals surface area contributed by atoms with Crippen LogP contribution in [-0.2, 0) is 9.59 Å². The summed E-state index contributed by atoms with van der Waals surface area (Å²) in [5, 5.41) is 0. The van der Waals surface area contributed by atoms with E-state index in [2.05, 4.69) is 37.3 Å². The largest absolute Gasteiger partial charge is 0.497 e. The molecule has 4 aliphatic rings. The number of imide groups is 1. The zero-order valence-corrected chi connectivity index (χ0v) is 16.8. The molecule has 7 rings (SSSR count). The molecule has 3 aromatic carbocycles. The van der Waals surface area contributed by atoms with Gasteiger partial charge in [-0.25, -0.2) is 4.90 Å². The van der Waals surface area contributed by atoms with Crippen LogP contribution in [0.1, 0.15) is 39.7 Å². The molecule has 0 saturated carbocycles. The Morgan fingerprint density at radius 3 is 1.90 bits per heavy atom. The molecule has 0 spiro atoms. The van der Waals surface area contributed by atoms with E-state index in [0.29, 0.717) is 11.4 Å². The molecule has 30 heavy (non-hydrogen) atoms. The number of nitrogens with zero attached hydrogens (tertiary/aromatic N) is 1. The Kier molecular flexibility index (Phi) is 3.52. The molecular weight excluding hydrogens is 374 g/mol. The van der Waals surface area contributed by atoms with Crippen LogP contribution in [0.15, 0.2) is 66.7 Å². The third kappa shape index (κ3) is 2.11. The van der Waals surface area contributed by atoms with Crippen molar-refractivity contribution in [3.05, 3.63) is 94.5 Å². The summed E-state index contributed by atoms with van der Waals surface area (Å²) in [5.41, 5.74) is 6.58. The predicted octanol–water partition coefficient (Wildman–Crippen LogP) is 4.40. The van der Waals surface area contributed by atoms with Crippen LogP contribution in [0.25, 0.3) is 0 Å². The van der Waals surface area contributed by atoms with E-state index in [1.807, 2.05) is 12.1 Å². The molecule has 2 bridgehead atoms. The number of ether oxygens (including phenoxy) is 1. The van der Waals surface area contributed by atoms with E-state index in [4.69, 9.17) is 4.74 Å². The Morgan fingerprint density at radius 2 is 1.30 bits per heavy atom. The lowest BCUT2D eigenvalue weighted by molar-refractivity contribution is -0.122. The first kappa shape index (κ1) is 17.5. The van der Waals surface area contributed by atoms with Crippen molar-refractivity contribution in [1.29, 1.82) is 0 Å². The van der Waals surface area contributed by atoms with Gasteiger partial charge in [0.25, 0.3) is 0 Å². The van der Waals surface area contributed by atoms with E-state index in [0.717, 1.165) is 0 Å². The Morgan fingerprint density at radius 1 is 0.733 bits per heavy atom. The first-order chi connectivity index (χ1) is 14.6. The molecule has 1 fully saturated rings. The molecule has 4 atom stereocenters. The number of hydrogen-bond donors (Lipinski definition) is 0. The fraction of sp³-hybridized carbons (Fsp3) is 0.231. The number of carbonyl (C=O) groups is 2. The topological polar surface area (TPSA) is 46.6 Å². The van der Waals surface area contributed by atoms with Crippen LogP contribution in [0.5, 0.6) is 5.75 Å². The molecule has 2 amide bonds. The summed E-state index contributed by atoms with van der Waals surface area (Å²) in [7, 11) is 1.60. The highest BCUT2D eigenvalue weighted by Crippen LogP contribution is 2.61. The predicted molar refractivity (Wildman–Crippen MR) is 114 cm³/mol. The minimum absolute atomic E-state index is 0.0773. The van der Waals surface area contributed by atoms with E-state index < -0.39 is 0 Å². The number of methoxy groups -OCH3 is 1. The molecule has 4 heteroatoms. The Labute approximate surface area is 175 Å². The number of amides is 2. The molecular formula is C26H21NO3. The summed E-state index contributed by atoms with van der Waals surface area (Å²) in [6.45, 7) is 2.08. The lowest BCUT2D eigenvalue weighted by Gasteiger charge is -2.46. The third-order valence-electron chi connectivity index (χ3n) is 7.03. The second-order valence-corrected chi connectivity index (χ2v) is 8.48. The van der Waals surface area contributed by atoms with Gasteiger partial charge in [0, 0.05) is 11.8 Å². The third-order valence-corrected chi connectivity index (χ3v) is 7.03. The molecule has 3 aliphatic carbocycles. The number of rotatable bonds is 2. The summed E-state index contributed by atoms with van der Waals surface area (Å²) in [5.74, 6) is -0.343. The second-order valence-electron chi connectivity index (χ2n) is 8.48. The normalized spacial score (nSPS) is 25.7. The van der Waals surface area contributed by atoms with E-state index >= 15 is 0 Å². The van der Waals surface area contributed by atoms with Gasteiger partial charge in [-0.2, -0.15) is 0 Å². The van der Waals surface area contributed by atoms with Gasteiger partial charge in [0.2, 0.25) is 11.8 Å². The number of hydrogen-bond acceptors (Lipinski definition) is 3. The monoisotopic (exact) mass is 395 g/mol. The molecule has 0 N–H and O–H groups in total. The molecule has 1 heterocycles. The molecule has 1 aliphatic heterocycles. The van der Waals surface area contributed by atoms with Gasteiger partial charge >= 0.3 is 0 Å². The zero-order chi connectivity index (χ0) is 20.6. The van der Waals surface area contributed by atoms with E-state index in [1.165, 1.54) is 32.7 Å². The maximum atomic E-state index is 13.7. The van der Waals surface area contributed by atoms with Gasteiger partial charge in [0.15, 0.2) is 0 Å². The number of carbonyl (C=O) groups excluding carboxylic acids is 2. The quantitative estimate of drug-likeness (QED) is 0.604. The number of benzene rings is 3. The van der Waals surface area contributed by atoms with Crippen LogP contribution in [0.2, 0.25) is 0 Å². The maximum Gasteiger partial charge on any atom is 0.238 e. The highest BCUT2D eigenvalue weighted by atomic mass is 16.5. The van der Waals surface area contributed by atoms with Crippen LogP contribution in [0.4, 0.5) is 5.69 Å². The molecule has 4 nitrogen and oxygen atoms in total. The van der Waals surface area contributed by atoms with Crippen molar-refractivity contribution in [3.63, 3.8) is 0 Å². The lowest BCUT2D eigenvalue weighted by Crippen LogP contribution is -2.41. The first-order valence-electron chi connectivity index (χ1n) is 10.3. The van der Waals surface area contributed by atoms with Crippen molar-refractivity contribution in [2.24, 2.45) is 11.8 Å². The van der Waals surface area contributed by atoms with E-state index in [1.54, 1.807) is 31.4 Å². The summed E-state index contributed by atoms with van der Waals surface area (Å²) in [6, 6.07) is 21.9. The highest BCUT2D eigenvalue weighted by Gasteiger charge is 2.61. The van der Waals surface area contributed by atoms with E-state index in [-0.39, 0.29) is 35.5 Å². The molecule has 1 saturated heterocycles. The van der Waals surface area contributed by atoms with Crippen LogP contribution in [0.3, 0.4) is 0 Å². The van der Waals surface area contributed by atoms with Gasteiger partial charge in [0.05, 0.1) is 24.6 Å². The van der Waals surface area contributed by atoms with Gasteiger partial charge in [0.1, 0.15) is 5.75 Å². The van der Waals surface area contributed by atoms with Crippen molar-refractivity contribution in [2.75, 3.05) is 12.0 Å². The van der Waals surface area contributed by atoms with Crippen LogP contribution >= 0.6 is 0 Å². The summed E-state index contributed by atoms with van der Waals surface area (Å²) < 4.78 is 5.23. The van der Waals surface area contributed by atoms with Gasteiger partial charge in [-0.1, -0.05) is 48.0 Å². The Hall–Kier alpha value is -3.40. The minimum Gasteiger partial charge on any atom is -0.497 e. The lowest BCUT2D eigenvalue weighted by atomic mass is 9.55. The number of aryl methyl sites for hydroxylation is 1. The van der Waals surface area contributed by atoms with E-state index in [9.17, 15) is 9.59 Å². The smallest absolute Gasteiger partial charge is 0.238 e. The SMILES string of the molecule is COc1ccc(N2C(=O)C3C4c5ccccc5C(c5cc(C)ccc54)C3C2=O)cc1. The average molecular weight is 395 g/mol. The number of anilines is 1. The Balaban J connectivity index is 1.54. The van der Waals surface area contributed by atoms with Crippen LogP contribution < -0.4 is 9.64 Å². The van der Waals surface area contributed by atoms with Crippen LogP contribution in [-0.4, -0.2) is 18.9 Å². The standard InChI is InChI=1S/C26H21NO3/c1-14-7-12-19-20(13-14)22-18-6-4-3-5-17(18)21(19)23-24(22)26(29)27(25(23)28)15-8-10-16(30-2)11-9-15/h3-13,21-24H,1-2H3. The molecule has 4 unspecified atom stereocenters. The first-order valence-corrected chi connectivity index (χ1v) is 10.3. The van der Waals surface area contributed by atoms with Crippen molar-refractivity contribution in [1.82, 2.24) is 0 Å². The summed E-state index contributed by atoms with van der Waals surface area (Å²) >= 11 is 0. The second kappa shape index (κ2) is 6.05. The molecule has 0 radical (unpaired) electrons. The molecule has 3 aromatic rings. The molecule has 0 aromatic heterocycles. The van der Waals surface area contributed by atoms with Crippen molar-refractivity contribution < 1.29 is 14.3 Å². The maximum absolute atomic E-state index is 13.7. The van der Waals surface area contributed by atoms with Gasteiger partial charge in [-0.3, -0.25) is 9.59 Å². The fourth-order valence-electron chi connectivity index (χ4n) is 5.83. The van der Waals surface area contributed by atoms with Gasteiger partial charge in [-0.15, -0.1) is 0 Å². The van der Waals surface area contributed by atoms with Gasteiger partial charge < -0.3 is 4.74 Å². The van der Waals surface area contributed by atoms with Crippen molar-refractivity contribution >= 4 is 17.5 Å². The Bertz CT molecular complexity index is 1210. The fourth-order valence-corrected chi connectivity index (χ4v) is 5.83. The molecule has 148 valence electrons. The highest BCUT2D eigenvalue weighted by molar-refractivity contribution is 6.23.